The average Bonchev–Trinajstić information content (AvgIpc) is 3.01. The number of aromatic nitrogens is 3. The fourth-order valence-corrected chi connectivity index (χ4v) is 2.25. The first-order valence-electron chi connectivity index (χ1n) is 6.42. The van der Waals surface area contributed by atoms with Crippen LogP contribution in [0.25, 0.3) is 11.3 Å². The first kappa shape index (κ1) is 15.3. The van der Waals surface area contributed by atoms with E-state index in [4.69, 9.17) is 33.0 Å². The van der Waals surface area contributed by atoms with Crippen LogP contribution in [-0.2, 0) is 0 Å². The molecule has 2 aromatic carbocycles. The summed E-state index contributed by atoms with van der Waals surface area (Å²) in [6, 6.07) is 11.7. The molecule has 0 aliphatic heterocycles. The van der Waals surface area contributed by atoms with Gasteiger partial charge in [-0.3, -0.25) is 0 Å². The van der Waals surface area contributed by atoms with Gasteiger partial charge in [-0.25, -0.2) is 4.79 Å². The Kier molecular flexibility index (Phi) is 4.18. The van der Waals surface area contributed by atoms with Crippen LogP contribution in [0.1, 0.15) is 10.5 Å². The molecule has 0 bridgehead atoms. The second-order valence-corrected chi connectivity index (χ2v) is 5.35. The van der Waals surface area contributed by atoms with Gasteiger partial charge in [-0.15, -0.1) is 5.10 Å². The number of hydrogen-bond acceptors (Lipinski definition) is 4. The molecule has 0 aliphatic carbocycles. The Balaban J connectivity index is 1.92. The third-order valence-electron chi connectivity index (χ3n) is 2.98. The molecule has 0 saturated heterocycles. The van der Waals surface area contributed by atoms with Crippen molar-refractivity contribution < 1.29 is 14.6 Å². The maximum Gasteiger partial charge on any atom is 0.358 e. The number of hydrogen-bond donors (Lipinski definition) is 2. The lowest BCUT2D eigenvalue weighted by atomic mass is 10.1. The van der Waals surface area contributed by atoms with Crippen LogP contribution in [-0.4, -0.2) is 26.5 Å². The summed E-state index contributed by atoms with van der Waals surface area (Å²) in [4.78, 5) is 11.1. The Morgan fingerprint density at radius 1 is 1.04 bits per heavy atom. The number of rotatable bonds is 4. The molecule has 1 heterocycles. The lowest BCUT2D eigenvalue weighted by Gasteiger charge is -2.08. The Hall–Kier alpha value is -2.57. The van der Waals surface area contributed by atoms with E-state index >= 15 is 0 Å². The molecule has 0 unspecified atom stereocenters. The average molecular weight is 350 g/mol. The molecule has 0 amide bonds. The summed E-state index contributed by atoms with van der Waals surface area (Å²) < 4.78 is 5.70. The Labute approximate surface area is 140 Å². The fourth-order valence-electron chi connectivity index (χ4n) is 1.96. The standard InChI is InChI=1S/C15H9Cl2N3O3/c16-11-5-4-10(7-12(11)17)23-9-3-1-2-8(6-9)13-14(15(21)22)19-20-18-13/h1-7H,(H,21,22)(H,18,19,20). The van der Waals surface area contributed by atoms with Gasteiger partial charge in [0.05, 0.1) is 10.0 Å². The summed E-state index contributed by atoms with van der Waals surface area (Å²) in [6.45, 7) is 0. The van der Waals surface area contributed by atoms with E-state index in [2.05, 4.69) is 15.4 Å². The van der Waals surface area contributed by atoms with E-state index in [0.29, 0.717) is 27.1 Å². The lowest BCUT2D eigenvalue weighted by molar-refractivity contribution is 0.0691. The quantitative estimate of drug-likeness (QED) is 0.734. The van der Waals surface area contributed by atoms with Gasteiger partial charge in [0.1, 0.15) is 17.2 Å². The van der Waals surface area contributed by atoms with E-state index in [0.717, 1.165) is 0 Å². The van der Waals surface area contributed by atoms with Gasteiger partial charge in [-0.2, -0.15) is 10.3 Å². The minimum atomic E-state index is -1.16. The number of benzene rings is 2. The highest BCUT2D eigenvalue weighted by molar-refractivity contribution is 6.42. The van der Waals surface area contributed by atoms with Crippen molar-refractivity contribution in [3.63, 3.8) is 0 Å². The highest BCUT2D eigenvalue weighted by Crippen LogP contribution is 2.31. The molecule has 0 fully saturated rings. The molecule has 8 heteroatoms. The molecular weight excluding hydrogens is 341 g/mol. The molecule has 3 rings (SSSR count). The van der Waals surface area contributed by atoms with Crippen LogP contribution in [0.15, 0.2) is 42.5 Å². The highest BCUT2D eigenvalue weighted by Gasteiger charge is 2.17. The van der Waals surface area contributed by atoms with Gasteiger partial charge >= 0.3 is 5.97 Å². The minimum Gasteiger partial charge on any atom is -0.476 e. The summed E-state index contributed by atoms with van der Waals surface area (Å²) in [5, 5.41) is 19.7. The van der Waals surface area contributed by atoms with Crippen molar-refractivity contribution in [2.75, 3.05) is 0 Å². The zero-order valence-corrected chi connectivity index (χ0v) is 13.0. The molecule has 6 nitrogen and oxygen atoms in total. The summed E-state index contributed by atoms with van der Waals surface area (Å²) >= 11 is 11.8. The third kappa shape index (κ3) is 3.28. The van der Waals surface area contributed by atoms with E-state index in [1.165, 1.54) is 0 Å². The fraction of sp³-hybridized carbons (Fsp3) is 0. The predicted octanol–water partition coefficient (Wildman–Crippen LogP) is 4.27. The van der Waals surface area contributed by atoms with Crippen LogP contribution in [0, 0.1) is 0 Å². The van der Waals surface area contributed by atoms with Gasteiger partial charge in [-0.1, -0.05) is 35.3 Å². The van der Waals surface area contributed by atoms with E-state index < -0.39 is 5.97 Å². The van der Waals surface area contributed by atoms with Gasteiger partial charge < -0.3 is 9.84 Å². The number of nitrogens with zero attached hydrogens (tertiary/aromatic N) is 2. The SMILES string of the molecule is O=C(O)c1n[nH]nc1-c1cccc(Oc2ccc(Cl)c(Cl)c2)c1. The van der Waals surface area contributed by atoms with E-state index in [1.807, 2.05) is 0 Å². The Bertz CT molecular complexity index is 880. The Morgan fingerprint density at radius 2 is 1.83 bits per heavy atom. The van der Waals surface area contributed by atoms with Crippen molar-refractivity contribution in [3.05, 3.63) is 58.2 Å². The predicted molar refractivity (Wildman–Crippen MR) is 85.3 cm³/mol. The molecule has 2 N–H and O–H groups in total. The van der Waals surface area contributed by atoms with Crippen LogP contribution < -0.4 is 4.74 Å². The molecule has 23 heavy (non-hydrogen) atoms. The topological polar surface area (TPSA) is 88.1 Å². The van der Waals surface area contributed by atoms with Crippen molar-refractivity contribution in [2.45, 2.75) is 0 Å². The number of aromatic amines is 1. The molecule has 3 aromatic rings. The van der Waals surface area contributed by atoms with Gasteiger partial charge in [0.15, 0.2) is 5.69 Å². The number of carboxylic acids is 1. The zero-order valence-electron chi connectivity index (χ0n) is 11.5. The van der Waals surface area contributed by atoms with Gasteiger partial charge in [0.2, 0.25) is 0 Å². The van der Waals surface area contributed by atoms with Crippen molar-refractivity contribution in [1.82, 2.24) is 15.4 Å². The second-order valence-electron chi connectivity index (χ2n) is 4.53. The summed E-state index contributed by atoms with van der Waals surface area (Å²) in [6.07, 6.45) is 0. The van der Waals surface area contributed by atoms with Crippen LogP contribution >= 0.6 is 23.2 Å². The molecule has 0 spiro atoms. The number of H-pyrrole nitrogens is 1. The van der Waals surface area contributed by atoms with Gasteiger partial charge in [0, 0.05) is 11.6 Å². The molecule has 0 saturated carbocycles. The number of carboxylic acid groups (broad SMARTS) is 1. The number of aromatic carboxylic acids is 1. The third-order valence-corrected chi connectivity index (χ3v) is 3.72. The zero-order chi connectivity index (χ0) is 16.4. The van der Waals surface area contributed by atoms with Crippen molar-refractivity contribution in [2.24, 2.45) is 0 Å². The van der Waals surface area contributed by atoms with Gasteiger partial charge in [-0.05, 0) is 24.3 Å². The van der Waals surface area contributed by atoms with E-state index in [1.54, 1.807) is 42.5 Å². The minimum absolute atomic E-state index is 0.156. The highest BCUT2D eigenvalue weighted by atomic mass is 35.5. The van der Waals surface area contributed by atoms with Gasteiger partial charge in [0.25, 0.3) is 0 Å². The largest absolute Gasteiger partial charge is 0.476 e. The Morgan fingerprint density at radius 3 is 2.57 bits per heavy atom. The number of nitrogens with one attached hydrogen (secondary N) is 1. The smallest absolute Gasteiger partial charge is 0.358 e. The van der Waals surface area contributed by atoms with Crippen LogP contribution in [0.3, 0.4) is 0 Å². The number of halogens is 2. The molecule has 0 radical (unpaired) electrons. The normalized spacial score (nSPS) is 10.5. The maximum absolute atomic E-state index is 11.1. The molecular formula is C15H9Cl2N3O3. The van der Waals surface area contributed by atoms with E-state index in [9.17, 15) is 4.79 Å². The maximum atomic E-state index is 11.1. The number of carbonyl (C=O) groups is 1. The molecule has 1 aromatic heterocycles. The molecule has 0 aliphatic rings. The van der Waals surface area contributed by atoms with Crippen molar-refractivity contribution >= 4 is 29.2 Å². The summed E-state index contributed by atoms with van der Waals surface area (Å²) in [7, 11) is 0. The summed E-state index contributed by atoms with van der Waals surface area (Å²) in [5.74, 6) is -0.153. The molecule has 0 atom stereocenters. The van der Waals surface area contributed by atoms with Crippen molar-refractivity contribution in [1.29, 1.82) is 0 Å². The molecule has 116 valence electrons. The van der Waals surface area contributed by atoms with Crippen LogP contribution in [0.5, 0.6) is 11.5 Å². The lowest BCUT2D eigenvalue weighted by Crippen LogP contribution is -1.99. The van der Waals surface area contributed by atoms with Crippen molar-refractivity contribution in [3.8, 4) is 22.8 Å². The second kappa shape index (κ2) is 6.28. The summed E-state index contributed by atoms with van der Waals surface area (Å²) in [5.41, 5.74) is 0.641. The van der Waals surface area contributed by atoms with Crippen LogP contribution in [0.4, 0.5) is 0 Å². The van der Waals surface area contributed by atoms with Crippen LogP contribution in [0.2, 0.25) is 10.0 Å². The first-order valence-corrected chi connectivity index (χ1v) is 7.17. The first-order chi connectivity index (χ1) is 11.0. The van der Waals surface area contributed by atoms with E-state index in [-0.39, 0.29) is 11.4 Å². The monoisotopic (exact) mass is 349 g/mol. The number of ether oxygens (including phenoxy) is 1.